The number of aliphatic hydroxyl groups is 1. The fraction of sp³-hybridized carbons (Fsp3) is 0.294. The first-order valence-electron chi connectivity index (χ1n) is 6.73. The second kappa shape index (κ2) is 6.16. The normalized spacial score (nSPS) is 14.1. The first-order valence-corrected chi connectivity index (χ1v) is 6.73. The third kappa shape index (κ3) is 3.06. The van der Waals surface area contributed by atoms with E-state index in [-0.39, 0.29) is 11.7 Å². The Morgan fingerprint density at radius 3 is 2.50 bits per heavy atom. The van der Waals surface area contributed by atoms with E-state index in [2.05, 4.69) is 0 Å². The smallest absolute Gasteiger partial charge is 0.123 e. The summed E-state index contributed by atoms with van der Waals surface area (Å²) < 4.78 is 13.2. The number of nitrogens with two attached hydrogens (primary N) is 1. The summed E-state index contributed by atoms with van der Waals surface area (Å²) >= 11 is 0. The van der Waals surface area contributed by atoms with Gasteiger partial charge in [0, 0.05) is 12.5 Å². The van der Waals surface area contributed by atoms with E-state index in [9.17, 15) is 9.50 Å². The maximum absolute atomic E-state index is 13.2. The van der Waals surface area contributed by atoms with Gasteiger partial charge < -0.3 is 10.8 Å². The molecule has 0 aliphatic heterocycles. The van der Waals surface area contributed by atoms with Crippen molar-refractivity contribution in [2.24, 2.45) is 5.73 Å². The Morgan fingerprint density at radius 1 is 1.15 bits per heavy atom. The summed E-state index contributed by atoms with van der Waals surface area (Å²) in [5.74, 6) is -0.489. The Kier molecular flexibility index (Phi) is 4.53. The van der Waals surface area contributed by atoms with Gasteiger partial charge in [0.15, 0.2) is 0 Å². The molecule has 3 heteroatoms. The van der Waals surface area contributed by atoms with E-state index in [0.29, 0.717) is 6.54 Å². The van der Waals surface area contributed by atoms with Gasteiger partial charge in [0.2, 0.25) is 0 Å². The maximum atomic E-state index is 13.2. The standard InChI is InChI=1S/C17H20FNO/c1-11-4-3-5-13(8-11)16(10-19)17(20)15-7-6-14(18)9-12(15)2/h3-9,16-17,20H,10,19H2,1-2H3. The maximum Gasteiger partial charge on any atom is 0.123 e. The lowest BCUT2D eigenvalue weighted by molar-refractivity contribution is 0.146. The van der Waals surface area contributed by atoms with Crippen LogP contribution >= 0.6 is 0 Å². The molecule has 0 bridgehead atoms. The minimum atomic E-state index is -0.734. The molecule has 0 amide bonds. The summed E-state index contributed by atoms with van der Waals surface area (Å²) in [6.07, 6.45) is -0.734. The van der Waals surface area contributed by atoms with Crippen molar-refractivity contribution in [3.63, 3.8) is 0 Å². The van der Waals surface area contributed by atoms with Crippen molar-refractivity contribution in [1.82, 2.24) is 0 Å². The van der Waals surface area contributed by atoms with Gasteiger partial charge in [-0.05, 0) is 42.7 Å². The molecule has 0 aliphatic carbocycles. The quantitative estimate of drug-likeness (QED) is 0.898. The van der Waals surface area contributed by atoms with Crippen molar-refractivity contribution in [2.45, 2.75) is 25.9 Å². The van der Waals surface area contributed by atoms with E-state index in [4.69, 9.17) is 5.73 Å². The van der Waals surface area contributed by atoms with Crippen LogP contribution in [-0.2, 0) is 0 Å². The predicted molar refractivity (Wildman–Crippen MR) is 79.1 cm³/mol. The number of halogens is 1. The van der Waals surface area contributed by atoms with Crippen LogP contribution in [0.25, 0.3) is 0 Å². The molecule has 3 N–H and O–H groups in total. The van der Waals surface area contributed by atoms with Crippen molar-refractivity contribution < 1.29 is 9.50 Å². The fourth-order valence-corrected chi connectivity index (χ4v) is 2.54. The number of hydrogen-bond donors (Lipinski definition) is 2. The molecule has 2 aromatic carbocycles. The molecule has 0 saturated heterocycles. The summed E-state index contributed by atoms with van der Waals surface area (Å²) in [6.45, 7) is 4.14. The molecule has 2 atom stereocenters. The van der Waals surface area contributed by atoms with Gasteiger partial charge in [0.05, 0.1) is 6.10 Å². The van der Waals surface area contributed by atoms with E-state index in [1.165, 1.54) is 12.1 Å². The van der Waals surface area contributed by atoms with Gasteiger partial charge in [-0.2, -0.15) is 0 Å². The molecule has 0 aromatic heterocycles. The Hall–Kier alpha value is -1.71. The first kappa shape index (κ1) is 14.7. The monoisotopic (exact) mass is 273 g/mol. The molecular formula is C17H20FNO. The second-order valence-electron chi connectivity index (χ2n) is 5.20. The summed E-state index contributed by atoms with van der Waals surface area (Å²) in [6, 6.07) is 12.4. The largest absolute Gasteiger partial charge is 0.388 e. The molecule has 2 aromatic rings. The fourth-order valence-electron chi connectivity index (χ4n) is 2.54. The highest BCUT2D eigenvalue weighted by atomic mass is 19.1. The molecule has 0 saturated carbocycles. The third-order valence-electron chi connectivity index (χ3n) is 3.66. The lowest BCUT2D eigenvalue weighted by atomic mass is 9.87. The van der Waals surface area contributed by atoms with Crippen LogP contribution in [0.5, 0.6) is 0 Å². The number of aryl methyl sites for hydroxylation is 2. The second-order valence-corrected chi connectivity index (χ2v) is 5.20. The Labute approximate surface area is 119 Å². The SMILES string of the molecule is Cc1cccc(C(CN)C(O)c2ccc(F)cc2C)c1. The molecule has 0 heterocycles. The molecular weight excluding hydrogens is 253 g/mol. The zero-order valence-electron chi connectivity index (χ0n) is 11.8. The van der Waals surface area contributed by atoms with Crippen molar-refractivity contribution >= 4 is 0 Å². The summed E-state index contributed by atoms with van der Waals surface area (Å²) in [4.78, 5) is 0. The van der Waals surface area contributed by atoms with Crippen LogP contribution in [0, 0.1) is 19.7 Å². The van der Waals surface area contributed by atoms with Crippen molar-refractivity contribution in [2.75, 3.05) is 6.54 Å². The molecule has 2 rings (SSSR count). The highest BCUT2D eigenvalue weighted by molar-refractivity contribution is 5.34. The molecule has 0 radical (unpaired) electrons. The van der Waals surface area contributed by atoms with Gasteiger partial charge in [0.1, 0.15) is 5.82 Å². The lowest BCUT2D eigenvalue weighted by Crippen LogP contribution is -2.21. The van der Waals surface area contributed by atoms with Crippen molar-refractivity contribution in [1.29, 1.82) is 0 Å². The Morgan fingerprint density at radius 2 is 1.90 bits per heavy atom. The zero-order valence-corrected chi connectivity index (χ0v) is 11.8. The van der Waals surface area contributed by atoms with Gasteiger partial charge >= 0.3 is 0 Å². The number of hydrogen-bond acceptors (Lipinski definition) is 2. The number of aliphatic hydroxyl groups excluding tert-OH is 1. The first-order chi connectivity index (χ1) is 9.52. The topological polar surface area (TPSA) is 46.2 Å². The highest BCUT2D eigenvalue weighted by Gasteiger charge is 2.23. The Bertz CT molecular complexity index is 597. The minimum Gasteiger partial charge on any atom is -0.388 e. The van der Waals surface area contributed by atoms with E-state index in [1.807, 2.05) is 31.2 Å². The average Bonchev–Trinajstić information content (AvgIpc) is 2.39. The van der Waals surface area contributed by atoms with Gasteiger partial charge in [0.25, 0.3) is 0 Å². The van der Waals surface area contributed by atoms with Gasteiger partial charge in [-0.15, -0.1) is 0 Å². The van der Waals surface area contributed by atoms with Crippen LogP contribution in [0.4, 0.5) is 4.39 Å². The van der Waals surface area contributed by atoms with Crippen LogP contribution in [0.1, 0.15) is 34.3 Å². The summed E-state index contributed by atoms with van der Waals surface area (Å²) in [5, 5.41) is 10.6. The lowest BCUT2D eigenvalue weighted by Gasteiger charge is -2.24. The number of benzene rings is 2. The molecule has 2 unspecified atom stereocenters. The zero-order chi connectivity index (χ0) is 14.7. The van der Waals surface area contributed by atoms with Crippen LogP contribution in [0.2, 0.25) is 0 Å². The van der Waals surface area contributed by atoms with Crippen molar-refractivity contribution in [3.05, 3.63) is 70.5 Å². The van der Waals surface area contributed by atoms with Crippen LogP contribution in [0.3, 0.4) is 0 Å². The van der Waals surface area contributed by atoms with E-state index in [0.717, 1.165) is 22.3 Å². The predicted octanol–water partition coefficient (Wildman–Crippen LogP) is 3.22. The molecule has 0 aliphatic rings. The molecule has 0 spiro atoms. The van der Waals surface area contributed by atoms with Crippen molar-refractivity contribution in [3.8, 4) is 0 Å². The van der Waals surface area contributed by atoms with Crippen LogP contribution < -0.4 is 5.73 Å². The highest BCUT2D eigenvalue weighted by Crippen LogP contribution is 2.32. The van der Waals surface area contributed by atoms with Gasteiger partial charge in [-0.3, -0.25) is 0 Å². The number of rotatable bonds is 4. The van der Waals surface area contributed by atoms with E-state index in [1.54, 1.807) is 13.0 Å². The average molecular weight is 273 g/mol. The molecule has 20 heavy (non-hydrogen) atoms. The van der Waals surface area contributed by atoms with E-state index < -0.39 is 6.10 Å². The molecule has 0 fully saturated rings. The van der Waals surface area contributed by atoms with E-state index >= 15 is 0 Å². The van der Waals surface area contributed by atoms with Gasteiger partial charge in [-0.1, -0.05) is 35.9 Å². The van der Waals surface area contributed by atoms with Crippen LogP contribution in [0.15, 0.2) is 42.5 Å². The minimum absolute atomic E-state index is 0.195. The molecule has 106 valence electrons. The van der Waals surface area contributed by atoms with Gasteiger partial charge in [-0.25, -0.2) is 4.39 Å². The summed E-state index contributed by atoms with van der Waals surface area (Å²) in [7, 11) is 0. The summed E-state index contributed by atoms with van der Waals surface area (Å²) in [5.41, 5.74) is 9.44. The third-order valence-corrected chi connectivity index (χ3v) is 3.66. The Balaban J connectivity index is 2.36. The van der Waals surface area contributed by atoms with Crippen LogP contribution in [-0.4, -0.2) is 11.7 Å². The molecule has 2 nitrogen and oxygen atoms in total.